The molecule has 40 heavy (non-hydrogen) atoms. The summed E-state index contributed by atoms with van der Waals surface area (Å²) in [5.41, 5.74) is -0.401. The maximum absolute atomic E-state index is 14.8. The molecule has 2 heterocycles. The number of para-hydroxylation sites is 2. The van der Waals surface area contributed by atoms with E-state index in [-0.39, 0.29) is 29.0 Å². The number of anilines is 1. The summed E-state index contributed by atoms with van der Waals surface area (Å²) in [7, 11) is -4.39. The Hall–Kier alpha value is -4.61. The van der Waals surface area contributed by atoms with Crippen LogP contribution in [-0.2, 0) is 4.57 Å². The summed E-state index contributed by atoms with van der Waals surface area (Å²) in [6.07, 6.45) is 0. The van der Waals surface area contributed by atoms with Crippen molar-refractivity contribution in [1.29, 1.82) is 0 Å². The standard InChI is InChI=1S/C26H18BrFN5O6P/c27-23-13-7-12-21(29-23)24-31-32-26(37-24)30-25(17-14-15-22(33(34)35)20(28)16-17)40(36,38-18-8-3-1-4-9-18)39-19-10-5-2-6-11-19/h1-16,25H,(H,30,32). The van der Waals surface area contributed by atoms with E-state index in [1.165, 1.54) is 6.07 Å². The summed E-state index contributed by atoms with van der Waals surface area (Å²) in [6.45, 7) is 0. The molecule has 0 aliphatic heterocycles. The molecule has 5 aromatic rings. The molecule has 0 aliphatic carbocycles. The number of hydrogen-bond donors (Lipinski definition) is 1. The Morgan fingerprint density at radius 1 is 0.925 bits per heavy atom. The fourth-order valence-corrected chi connectivity index (χ4v) is 5.81. The second-order valence-electron chi connectivity index (χ2n) is 8.12. The van der Waals surface area contributed by atoms with Crippen LogP contribution in [0.25, 0.3) is 11.6 Å². The Labute approximate surface area is 234 Å². The van der Waals surface area contributed by atoms with E-state index in [9.17, 15) is 19.1 Å². The Bertz CT molecular complexity index is 1650. The van der Waals surface area contributed by atoms with Crippen molar-refractivity contribution in [3.8, 4) is 23.1 Å². The van der Waals surface area contributed by atoms with Crippen LogP contribution in [-0.4, -0.2) is 20.1 Å². The Balaban J connectivity index is 1.60. The van der Waals surface area contributed by atoms with Crippen LogP contribution in [0.1, 0.15) is 11.3 Å². The molecule has 14 heteroatoms. The third-order valence-corrected chi connectivity index (χ3v) is 7.80. The highest BCUT2D eigenvalue weighted by Gasteiger charge is 2.43. The number of rotatable bonds is 10. The first-order valence-electron chi connectivity index (χ1n) is 11.6. The minimum absolute atomic E-state index is 0.00127. The topological polar surface area (TPSA) is 143 Å². The Kier molecular flexibility index (Phi) is 7.85. The number of nitrogens with one attached hydrogen (secondary N) is 1. The number of nitrogens with zero attached hydrogens (tertiary/aromatic N) is 4. The minimum Gasteiger partial charge on any atom is -0.414 e. The van der Waals surface area contributed by atoms with Crippen LogP contribution in [0.3, 0.4) is 0 Å². The third kappa shape index (κ3) is 6.16. The highest BCUT2D eigenvalue weighted by Crippen LogP contribution is 2.60. The lowest BCUT2D eigenvalue weighted by atomic mass is 10.2. The second kappa shape index (κ2) is 11.6. The van der Waals surface area contributed by atoms with Crippen LogP contribution >= 0.6 is 23.5 Å². The molecule has 0 saturated heterocycles. The lowest BCUT2D eigenvalue weighted by Gasteiger charge is -2.28. The summed E-state index contributed by atoms with van der Waals surface area (Å²) in [6, 6.07) is 24.4. The molecule has 0 aliphatic rings. The number of benzene rings is 3. The zero-order chi connectivity index (χ0) is 28.1. The summed E-state index contributed by atoms with van der Waals surface area (Å²) >= 11 is 3.28. The van der Waals surface area contributed by atoms with Crippen molar-refractivity contribution in [2.24, 2.45) is 0 Å². The predicted molar refractivity (Wildman–Crippen MR) is 146 cm³/mol. The van der Waals surface area contributed by atoms with E-state index in [1.807, 2.05) is 0 Å². The molecule has 0 spiro atoms. The zero-order valence-electron chi connectivity index (χ0n) is 20.3. The van der Waals surface area contributed by atoms with E-state index < -0.39 is 29.8 Å². The van der Waals surface area contributed by atoms with Crippen LogP contribution in [0.5, 0.6) is 11.5 Å². The molecule has 11 nitrogen and oxygen atoms in total. The summed E-state index contributed by atoms with van der Waals surface area (Å²) in [5, 5.41) is 22.0. The number of hydrogen-bond acceptors (Lipinski definition) is 10. The quantitative estimate of drug-likeness (QED) is 0.0721. The van der Waals surface area contributed by atoms with Crippen molar-refractivity contribution < 1.29 is 27.3 Å². The second-order valence-corrected chi connectivity index (χ2v) is 10.9. The van der Waals surface area contributed by atoms with Gasteiger partial charge in [-0.15, -0.1) is 5.10 Å². The number of nitro groups is 1. The van der Waals surface area contributed by atoms with Gasteiger partial charge in [-0.1, -0.05) is 47.6 Å². The van der Waals surface area contributed by atoms with Gasteiger partial charge in [-0.25, -0.2) is 9.55 Å². The van der Waals surface area contributed by atoms with Crippen LogP contribution in [0.4, 0.5) is 16.1 Å². The molecule has 0 bridgehead atoms. The van der Waals surface area contributed by atoms with Gasteiger partial charge < -0.3 is 18.8 Å². The van der Waals surface area contributed by atoms with Crippen LogP contribution in [0, 0.1) is 15.9 Å². The lowest BCUT2D eigenvalue weighted by molar-refractivity contribution is -0.387. The van der Waals surface area contributed by atoms with E-state index in [1.54, 1.807) is 78.9 Å². The number of nitro benzene ring substituents is 1. The fourth-order valence-electron chi connectivity index (χ4n) is 3.60. The highest BCUT2D eigenvalue weighted by molar-refractivity contribution is 9.10. The number of aromatic nitrogens is 3. The van der Waals surface area contributed by atoms with Gasteiger partial charge in [-0.2, -0.15) is 4.39 Å². The summed E-state index contributed by atoms with van der Waals surface area (Å²) < 4.78 is 47.5. The first-order chi connectivity index (χ1) is 19.3. The predicted octanol–water partition coefficient (Wildman–Crippen LogP) is 7.40. The zero-order valence-corrected chi connectivity index (χ0v) is 22.7. The van der Waals surface area contributed by atoms with E-state index in [2.05, 4.69) is 36.4 Å². The van der Waals surface area contributed by atoms with Gasteiger partial charge in [-0.3, -0.25) is 10.1 Å². The van der Waals surface area contributed by atoms with Gasteiger partial charge >= 0.3 is 19.3 Å². The van der Waals surface area contributed by atoms with Gasteiger partial charge in [0.15, 0.2) is 5.78 Å². The molecule has 1 atom stereocenters. The van der Waals surface area contributed by atoms with Crippen molar-refractivity contribution in [1.82, 2.24) is 15.2 Å². The molecular formula is C26H18BrFN5O6P. The van der Waals surface area contributed by atoms with Crippen LogP contribution < -0.4 is 14.4 Å². The van der Waals surface area contributed by atoms with Gasteiger partial charge in [0, 0.05) is 6.07 Å². The van der Waals surface area contributed by atoms with Gasteiger partial charge in [0.25, 0.3) is 5.89 Å². The monoisotopic (exact) mass is 625 g/mol. The number of halogens is 2. The van der Waals surface area contributed by atoms with Crippen LogP contribution in [0.15, 0.2) is 106 Å². The van der Waals surface area contributed by atoms with Crippen molar-refractivity contribution >= 4 is 35.2 Å². The first kappa shape index (κ1) is 27.0. The average molecular weight is 626 g/mol. The number of pyridine rings is 1. The highest BCUT2D eigenvalue weighted by atomic mass is 79.9. The van der Waals surface area contributed by atoms with Gasteiger partial charge in [-0.05, 0) is 70.0 Å². The maximum Gasteiger partial charge on any atom is 0.457 e. The molecule has 0 amide bonds. The average Bonchev–Trinajstić information content (AvgIpc) is 3.41. The fraction of sp³-hybridized carbons (Fsp3) is 0.0385. The van der Waals surface area contributed by atoms with Crippen molar-refractivity contribution in [3.63, 3.8) is 0 Å². The van der Waals surface area contributed by atoms with Gasteiger partial charge in [0.05, 0.1) is 4.92 Å². The molecule has 0 fully saturated rings. The first-order valence-corrected chi connectivity index (χ1v) is 14.0. The molecular weight excluding hydrogens is 608 g/mol. The smallest absolute Gasteiger partial charge is 0.414 e. The van der Waals surface area contributed by atoms with Crippen LogP contribution in [0.2, 0.25) is 0 Å². The van der Waals surface area contributed by atoms with Crippen molar-refractivity contribution in [2.45, 2.75) is 5.78 Å². The molecule has 3 aromatic carbocycles. The molecule has 5 rings (SSSR count). The summed E-state index contributed by atoms with van der Waals surface area (Å²) in [4.78, 5) is 14.6. The van der Waals surface area contributed by atoms with E-state index in [4.69, 9.17) is 13.5 Å². The van der Waals surface area contributed by atoms with E-state index in [0.29, 0.717) is 10.3 Å². The van der Waals surface area contributed by atoms with Gasteiger partial charge in [0.1, 0.15) is 21.8 Å². The maximum atomic E-state index is 14.8. The van der Waals surface area contributed by atoms with Gasteiger partial charge in [0.2, 0.25) is 5.82 Å². The SMILES string of the molecule is O=[N+]([O-])c1ccc(C(Nc2nnc(-c3cccc(Br)n3)o2)P(=O)(Oc2ccccc2)Oc2ccccc2)cc1F. The molecule has 202 valence electrons. The van der Waals surface area contributed by atoms with Crippen molar-refractivity contribution in [3.05, 3.63) is 123 Å². The lowest BCUT2D eigenvalue weighted by Crippen LogP contribution is -2.19. The third-order valence-electron chi connectivity index (χ3n) is 5.37. The Morgan fingerprint density at radius 3 is 2.15 bits per heavy atom. The molecule has 2 aromatic heterocycles. The largest absolute Gasteiger partial charge is 0.457 e. The molecule has 1 unspecified atom stereocenters. The van der Waals surface area contributed by atoms with E-state index >= 15 is 0 Å². The summed E-state index contributed by atoms with van der Waals surface area (Å²) in [5.74, 6) is -2.18. The molecule has 0 radical (unpaired) electrons. The Morgan fingerprint density at radius 2 is 1.57 bits per heavy atom. The normalized spacial score (nSPS) is 11.9. The molecule has 1 N–H and O–H groups in total. The minimum atomic E-state index is -4.39. The van der Waals surface area contributed by atoms with Crippen molar-refractivity contribution in [2.75, 3.05) is 5.32 Å². The molecule has 0 saturated carbocycles. The van der Waals surface area contributed by atoms with E-state index in [0.717, 1.165) is 12.1 Å².